The average Bonchev–Trinajstić information content (AvgIpc) is 2.67. The average molecular weight is 271 g/mol. The molecule has 0 unspecified atom stereocenters. The van der Waals surface area contributed by atoms with Gasteiger partial charge in [-0.1, -0.05) is 17.7 Å². The summed E-state index contributed by atoms with van der Waals surface area (Å²) < 4.78 is 2.04. The number of hydrogen-bond donors (Lipinski definition) is 1. The molecule has 1 aromatic carbocycles. The van der Waals surface area contributed by atoms with Crippen molar-refractivity contribution >= 4 is 0 Å². The van der Waals surface area contributed by atoms with Crippen molar-refractivity contribution in [1.29, 1.82) is 0 Å². The van der Waals surface area contributed by atoms with Gasteiger partial charge in [-0.15, -0.1) is 0 Å². The lowest BCUT2D eigenvalue weighted by Gasteiger charge is -2.20. The van der Waals surface area contributed by atoms with E-state index >= 15 is 0 Å². The van der Waals surface area contributed by atoms with E-state index < -0.39 is 0 Å². The Bertz CT molecular complexity index is 603. The first-order valence-corrected chi connectivity index (χ1v) is 7.14. The molecule has 3 heteroatoms. The molecular weight excluding hydrogens is 246 g/mol. The predicted molar refractivity (Wildman–Crippen MR) is 84.4 cm³/mol. The number of aromatic nitrogens is 2. The van der Waals surface area contributed by atoms with Gasteiger partial charge in [-0.05, 0) is 53.2 Å². The molecule has 20 heavy (non-hydrogen) atoms. The van der Waals surface area contributed by atoms with E-state index in [9.17, 15) is 0 Å². The molecule has 0 radical (unpaired) electrons. The molecule has 0 aliphatic heterocycles. The molecule has 2 aromatic rings. The number of nitrogens with one attached hydrogen (secondary N) is 1. The van der Waals surface area contributed by atoms with Crippen molar-refractivity contribution in [2.24, 2.45) is 0 Å². The van der Waals surface area contributed by atoms with Crippen molar-refractivity contribution in [2.45, 2.75) is 53.6 Å². The maximum Gasteiger partial charge on any atom is 0.0678 e. The van der Waals surface area contributed by atoms with Crippen LogP contribution in [0.1, 0.15) is 43.2 Å². The van der Waals surface area contributed by atoms with Crippen LogP contribution in [-0.2, 0) is 6.54 Å². The van der Waals surface area contributed by atoms with E-state index in [1.165, 1.54) is 22.4 Å². The van der Waals surface area contributed by atoms with Crippen LogP contribution in [0.25, 0.3) is 5.69 Å². The third-order valence-electron chi connectivity index (χ3n) is 3.50. The molecule has 0 bridgehead atoms. The minimum atomic E-state index is 0.119. The zero-order chi connectivity index (χ0) is 14.9. The number of aryl methyl sites for hydroxylation is 2. The van der Waals surface area contributed by atoms with Crippen molar-refractivity contribution in [3.8, 4) is 5.69 Å². The monoisotopic (exact) mass is 271 g/mol. The van der Waals surface area contributed by atoms with Crippen LogP contribution in [0.3, 0.4) is 0 Å². The second-order valence-electron chi connectivity index (χ2n) is 6.56. The molecule has 0 amide bonds. The Kier molecular flexibility index (Phi) is 4.00. The lowest BCUT2D eigenvalue weighted by Crippen LogP contribution is -2.35. The Morgan fingerprint density at radius 3 is 2.45 bits per heavy atom. The second-order valence-corrected chi connectivity index (χ2v) is 6.56. The van der Waals surface area contributed by atoms with E-state index in [-0.39, 0.29) is 5.54 Å². The van der Waals surface area contributed by atoms with Gasteiger partial charge in [-0.2, -0.15) is 5.10 Å². The lowest BCUT2D eigenvalue weighted by atomic mass is 10.1. The fourth-order valence-electron chi connectivity index (χ4n) is 2.26. The highest BCUT2D eigenvalue weighted by atomic mass is 15.3. The van der Waals surface area contributed by atoms with Crippen LogP contribution in [0.2, 0.25) is 0 Å². The summed E-state index contributed by atoms with van der Waals surface area (Å²) in [6.07, 6.45) is 1.97. The fraction of sp³-hybridized carbons (Fsp3) is 0.471. The Balaban J connectivity index is 2.28. The Labute approximate surface area is 122 Å². The van der Waals surface area contributed by atoms with Gasteiger partial charge >= 0.3 is 0 Å². The van der Waals surface area contributed by atoms with Gasteiger partial charge in [-0.3, -0.25) is 0 Å². The molecule has 0 saturated heterocycles. The molecule has 0 atom stereocenters. The normalized spacial score (nSPS) is 11.9. The maximum absolute atomic E-state index is 4.55. The largest absolute Gasteiger partial charge is 0.308 e. The molecule has 0 aliphatic rings. The summed E-state index contributed by atoms with van der Waals surface area (Å²) in [5, 5.41) is 8.07. The highest BCUT2D eigenvalue weighted by Crippen LogP contribution is 2.19. The minimum Gasteiger partial charge on any atom is -0.308 e. The highest BCUT2D eigenvalue weighted by Gasteiger charge is 2.13. The van der Waals surface area contributed by atoms with Gasteiger partial charge in [0.05, 0.1) is 11.9 Å². The van der Waals surface area contributed by atoms with Crippen LogP contribution < -0.4 is 5.32 Å². The third-order valence-corrected chi connectivity index (χ3v) is 3.50. The van der Waals surface area contributed by atoms with Gasteiger partial charge in [0, 0.05) is 23.3 Å². The summed E-state index contributed by atoms with van der Waals surface area (Å²) in [6, 6.07) is 6.48. The third kappa shape index (κ3) is 3.28. The summed E-state index contributed by atoms with van der Waals surface area (Å²) in [5.74, 6) is 0. The van der Waals surface area contributed by atoms with Crippen molar-refractivity contribution in [3.63, 3.8) is 0 Å². The topological polar surface area (TPSA) is 29.9 Å². The van der Waals surface area contributed by atoms with Crippen LogP contribution in [0, 0.1) is 20.8 Å². The molecule has 0 saturated carbocycles. The zero-order valence-electron chi connectivity index (χ0n) is 13.4. The molecule has 0 fully saturated rings. The molecule has 1 aromatic heterocycles. The van der Waals surface area contributed by atoms with E-state index in [4.69, 9.17) is 0 Å². The first-order chi connectivity index (χ1) is 9.28. The lowest BCUT2D eigenvalue weighted by molar-refractivity contribution is 0.424. The quantitative estimate of drug-likeness (QED) is 0.922. The van der Waals surface area contributed by atoms with Gasteiger partial charge in [0.1, 0.15) is 0 Å². The van der Waals surface area contributed by atoms with Gasteiger partial charge in [0.25, 0.3) is 0 Å². The molecule has 0 spiro atoms. The number of nitrogens with zero attached hydrogens (tertiary/aromatic N) is 2. The van der Waals surface area contributed by atoms with Crippen LogP contribution in [-0.4, -0.2) is 15.3 Å². The van der Waals surface area contributed by atoms with Crippen LogP contribution >= 0.6 is 0 Å². The van der Waals surface area contributed by atoms with Crippen molar-refractivity contribution in [1.82, 2.24) is 15.1 Å². The first-order valence-electron chi connectivity index (χ1n) is 7.14. The maximum atomic E-state index is 4.55. The molecule has 1 heterocycles. The van der Waals surface area contributed by atoms with Crippen molar-refractivity contribution in [3.05, 3.63) is 46.8 Å². The van der Waals surface area contributed by atoms with Crippen LogP contribution in [0.15, 0.2) is 24.4 Å². The molecular formula is C17H25N3. The van der Waals surface area contributed by atoms with E-state index in [0.717, 1.165) is 12.2 Å². The molecule has 3 nitrogen and oxygen atoms in total. The molecule has 1 N–H and O–H groups in total. The van der Waals surface area contributed by atoms with Gasteiger partial charge < -0.3 is 5.32 Å². The van der Waals surface area contributed by atoms with E-state index in [0.29, 0.717) is 0 Å². The molecule has 108 valence electrons. The van der Waals surface area contributed by atoms with E-state index in [1.807, 2.05) is 10.9 Å². The van der Waals surface area contributed by atoms with Gasteiger partial charge in [0.2, 0.25) is 0 Å². The van der Waals surface area contributed by atoms with Gasteiger partial charge in [0.15, 0.2) is 0 Å². The summed E-state index contributed by atoms with van der Waals surface area (Å²) in [7, 11) is 0. The fourth-order valence-corrected chi connectivity index (χ4v) is 2.26. The summed E-state index contributed by atoms with van der Waals surface area (Å²) in [5.41, 5.74) is 6.27. The van der Waals surface area contributed by atoms with Crippen molar-refractivity contribution in [2.75, 3.05) is 0 Å². The number of rotatable bonds is 3. The minimum absolute atomic E-state index is 0.119. The Hall–Kier alpha value is -1.61. The predicted octanol–water partition coefficient (Wildman–Crippen LogP) is 3.69. The number of hydrogen-bond acceptors (Lipinski definition) is 2. The van der Waals surface area contributed by atoms with Crippen LogP contribution in [0.4, 0.5) is 0 Å². The smallest absolute Gasteiger partial charge is 0.0678 e. The molecule has 0 aliphatic carbocycles. The van der Waals surface area contributed by atoms with Crippen molar-refractivity contribution < 1.29 is 0 Å². The summed E-state index contributed by atoms with van der Waals surface area (Å²) in [6.45, 7) is 13.8. The Morgan fingerprint density at radius 2 is 1.85 bits per heavy atom. The van der Waals surface area contributed by atoms with Gasteiger partial charge in [-0.25, -0.2) is 4.68 Å². The van der Waals surface area contributed by atoms with E-state index in [1.54, 1.807) is 0 Å². The first kappa shape index (κ1) is 14.8. The van der Waals surface area contributed by atoms with E-state index in [2.05, 4.69) is 70.2 Å². The molecule has 2 rings (SSSR count). The van der Waals surface area contributed by atoms with Crippen LogP contribution in [0.5, 0.6) is 0 Å². The second kappa shape index (κ2) is 5.41. The summed E-state index contributed by atoms with van der Waals surface area (Å²) >= 11 is 0. The Morgan fingerprint density at radius 1 is 1.15 bits per heavy atom. The SMILES string of the molecule is Cc1ccc(-n2ncc(CNC(C)(C)C)c2C)c(C)c1. The zero-order valence-corrected chi connectivity index (χ0v) is 13.4. The number of benzene rings is 1. The standard InChI is InChI=1S/C17H25N3/c1-12-7-8-16(13(2)9-12)20-14(3)15(11-19-20)10-18-17(4,5)6/h7-9,11,18H,10H2,1-6H3. The highest BCUT2D eigenvalue weighted by molar-refractivity contribution is 5.43. The summed E-state index contributed by atoms with van der Waals surface area (Å²) in [4.78, 5) is 0.